The second kappa shape index (κ2) is 6.27. The first-order chi connectivity index (χ1) is 8.95. The van der Waals surface area contributed by atoms with E-state index in [0.717, 1.165) is 23.5 Å². The van der Waals surface area contributed by atoms with Crippen LogP contribution in [0.2, 0.25) is 0 Å². The summed E-state index contributed by atoms with van der Waals surface area (Å²) in [7, 11) is 0. The summed E-state index contributed by atoms with van der Waals surface area (Å²) in [6.07, 6.45) is 1.35. The van der Waals surface area contributed by atoms with Crippen molar-refractivity contribution in [3.05, 3.63) is 28.7 Å². The molecular formula is C16H25BrN2. The molecule has 0 saturated carbocycles. The first kappa shape index (κ1) is 14.9. The monoisotopic (exact) mass is 324 g/mol. The maximum Gasteiger partial charge on any atom is 0.0341 e. The van der Waals surface area contributed by atoms with Crippen molar-refractivity contribution in [1.82, 2.24) is 4.90 Å². The number of benzene rings is 1. The summed E-state index contributed by atoms with van der Waals surface area (Å²) >= 11 is 3.46. The average molecular weight is 325 g/mol. The SMILES string of the molecule is CC(C)(C)C1CCN(CCNc2ccc(Br)cc2)C1. The summed E-state index contributed by atoms with van der Waals surface area (Å²) < 4.78 is 1.13. The molecule has 0 aliphatic carbocycles. The molecule has 106 valence electrons. The summed E-state index contributed by atoms with van der Waals surface area (Å²) in [5, 5.41) is 3.49. The lowest BCUT2D eigenvalue weighted by atomic mass is 9.80. The highest BCUT2D eigenvalue weighted by molar-refractivity contribution is 9.10. The van der Waals surface area contributed by atoms with Gasteiger partial charge in [0.2, 0.25) is 0 Å². The fourth-order valence-corrected chi connectivity index (χ4v) is 2.93. The number of rotatable bonds is 4. The molecular weight excluding hydrogens is 300 g/mol. The molecule has 2 rings (SSSR count). The predicted octanol–water partition coefficient (Wildman–Crippen LogP) is 4.23. The van der Waals surface area contributed by atoms with Crippen molar-refractivity contribution in [2.45, 2.75) is 27.2 Å². The number of likely N-dealkylation sites (tertiary alicyclic amines) is 1. The number of halogens is 1. The van der Waals surface area contributed by atoms with E-state index in [9.17, 15) is 0 Å². The van der Waals surface area contributed by atoms with Gasteiger partial charge in [-0.05, 0) is 48.6 Å². The molecule has 1 aliphatic heterocycles. The first-order valence-electron chi connectivity index (χ1n) is 7.17. The third-order valence-electron chi connectivity index (χ3n) is 4.10. The lowest BCUT2D eigenvalue weighted by Gasteiger charge is -2.27. The number of hydrogen-bond donors (Lipinski definition) is 1. The Morgan fingerprint density at radius 1 is 1.26 bits per heavy atom. The van der Waals surface area contributed by atoms with Crippen LogP contribution in [0.5, 0.6) is 0 Å². The molecule has 0 amide bonds. The van der Waals surface area contributed by atoms with E-state index in [1.54, 1.807) is 0 Å². The minimum Gasteiger partial charge on any atom is -0.384 e. The molecule has 1 aromatic carbocycles. The van der Waals surface area contributed by atoms with Crippen LogP contribution >= 0.6 is 15.9 Å². The molecule has 1 fully saturated rings. The molecule has 19 heavy (non-hydrogen) atoms. The molecule has 1 atom stereocenters. The average Bonchev–Trinajstić information content (AvgIpc) is 2.80. The van der Waals surface area contributed by atoms with E-state index in [4.69, 9.17) is 0 Å². The topological polar surface area (TPSA) is 15.3 Å². The predicted molar refractivity (Wildman–Crippen MR) is 86.6 cm³/mol. The van der Waals surface area contributed by atoms with Crippen molar-refractivity contribution in [2.75, 3.05) is 31.5 Å². The summed E-state index contributed by atoms with van der Waals surface area (Å²) in [5.41, 5.74) is 1.66. The zero-order valence-corrected chi connectivity index (χ0v) is 13.8. The van der Waals surface area contributed by atoms with Crippen LogP contribution in [0.1, 0.15) is 27.2 Å². The highest BCUT2D eigenvalue weighted by Crippen LogP contribution is 2.33. The van der Waals surface area contributed by atoms with Crippen molar-refractivity contribution in [3.63, 3.8) is 0 Å². The highest BCUT2D eigenvalue weighted by Gasteiger charge is 2.31. The van der Waals surface area contributed by atoms with Crippen LogP contribution < -0.4 is 5.32 Å². The van der Waals surface area contributed by atoms with Gasteiger partial charge in [-0.15, -0.1) is 0 Å². The Hall–Kier alpha value is -0.540. The first-order valence-corrected chi connectivity index (χ1v) is 7.96. The zero-order valence-electron chi connectivity index (χ0n) is 12.2. The lowest BCUT2D eigenvalue weighted by Crippen LogP contribution is -2.29. The standard InChI is InChI=1S/C16H25BrN2/c1-16(2,3)13-8-10-19(12-13)11-9-18-15-6-4-14(17)5-7-15/h4-7,13,18H,8-12H2,1-3H3. The Kier molecular flexibility index (Phi) is 4.91. The third-order valence-corrected chi connectivity index (χ3v) is 4.63. The largest absolute Gasteiger partial charge is 0.384 e. The molecule has 1 aliphatic rings. The molecule has 1 heterocycles. The number of nitrogens with zero attached hydrogens (tertiary/aromatic N) is 1. The fraction of sp³-hybridized carbons (Fsp3) is 0.625. The fourth-order valence-electron chi connectivity index (χ4n) is 2.67. The third kappa shape index (κ3) is 4.50. The Balaban J connectivity index is 1.71. The van der Waals surface area contributed by atoms with E-state index < -0.39 is 0 Å². The normalized spacial score (nSPS) is 20.7. The van der Waals surface area contributed by atoms with Crippen LogP contribution in [0.4, 0.5) is 5.69 Å². The van der Waals surface area contributed by atoms with Gasteiger partial charge in [0.25, 0.3) is 0 Å². The molecule has 0 bridgehead atoms. The van der Waals surface area contributed by atoms with Gasteiger partial charge in [-0.3, -0.25) is 0 Å². The van der Waals surface area contributed by atoms with E-state index >= 15 is 0 Å². The van der Waals surface area contributed by atoms with Crippen molar-refractivity contribution in [1.29, 1.82) is 0 Å². The second-order valence-electron chi connectivity index (χ2n) is 6.59. The number of nitrogens with one attached hydrogen (secondary N) is 1. The Labute approximate surface area is 125 Å². The molecule has 2 nitrogen and oxygen atoms in total. The van der Waals surface area contributed by atoms with E-state index in [-0.39, 0.29) is 0 Å². The van der Waals surface area contributed by atoms with Gasteiger partial charge < -0.3 is 10.2 Å². The Morgan fingerprint density at radius 3 is 2.53 bits per heavy atom. The quantitative estimate of drug-likeness (QED) is 0.891. The van der Waals surface area contributed by atoms with Crippen molar-refractivity contribution in [3.8, 4) is 0 Å². The van der Waals surface area contributed by atoms with Crippen molar-refractivity contribution >= 4 is 21.6 Å². The smallest absolute Gasteiger partial charge is 0.0341 e. The molecule has 1 N–H and O–H groups in total. The molecule has 0 spiro atoms. The Morgan fingerprint density at radius 2 is 1.95 bits per heavy atom. The second-order valence-corrected chi connectivity index (χ2v) is 7.50. The van der Waals surface area contributed by atoms with Crippen molar-refractivity contribution in [2.24, 2.45) is 11.3 Å². The molecule has 1 saturated heterocycles. The summed E-state index contributed by atoms with van der Waals surface area (Å²) in [6.45, 7) is 11.8. The maximum atomic E-state index is 3.49. The summed E-state index contributed by atoms with van der Waals surface area (Å²) in [6, 6.07) is 8.39. The van der Waals surface area contributed by atoms with Gasteiger partial charge in [0.05, 0.1) is 0 Å². The van der Waals surface area contributed by atoms with Crippen LogP contribution in [0.3, 0.4) is 0 Å². The zero-order chi connectivity index (χ0) is 13.9. The molecule has 0 radical (unpaired) electrons. The van der Waals surface area contributed by atoms with Gasteiger partial charge in [-0.2, -0.15) is 0 Å². The van der Waals surface area contributed by atoms with Crippen LogP contribution in [0, 0.1) is 11.3 Å². The van der Waals surface area contributed by atoms with Crippen LogP contribution in [0.25, 0.3) is 0 Å². The number of anilines is 1. The summed E-state index contributed by atoms with van der Waals surface area (Å²) in [4.78, 5) is 2.59. The molecule has 1 unspecified atom stereocenters. The minimum absolute atomic E-state index is 0.452. The van der Waals surface area contributed by atoms with E-state index in [1.807, 2.05) is 0 Å². The maximum absolute atomic E-state index is 3.49. The van der Waals surface area contributed by atoms with E-state index in [0.29, 0.717) is 5.41 Å². The van der Waals surface area contributed by atoms with Crippen LogP contribution in [-0.2, 0) is 0 Å². The minimum atomic E-state index is 0.452. The summed E-state index contributed by atoms with van der Waals surface area (Å²) in [5.74, 6) is 0.847. The van der Waals surface area contributed by atoms with E-state index in [1.165, 1.54) is 25.2 Å². The van der Waals surface area contributed by atoms with Crippen LogP contribution in [-0.4, -0.2) is 31.1 Å². The lowest BCUT2D eigenvalue weighted by molar-refractivity contribution is 0.232. The van der Waals surface area contributed by atoms with Gasteiger partial charge in [-0.25, -0.2) is 0 Å². The molecule has 1 aromatic rings. The highest BCUT2D eigenvalue weighted by atomic mass is 79.9. The van der Waals surface area contributed by atoms with E-state index in [2.05, 4.69) is 71.2 Å². The molecule has 3 heteroatoms. The van der Waals surface area contributed by atoms with Gasteiger partial charge in [0, 0.05) is 29.8 Å². The van der Waals surface area contributed by atoms with Crippen molar-refractivity contribution < 1.29 is 0 Å². The molecule has 0 aromatic heterocycles. The van der Waals surface area contributed by atoms with Gasteiger partial charge >= 0.3 is 0 Å². The van der Waals surface area contributed by atoms with Gasteiger partial charge in [-0.1, -0.05) is 36.7 Å². The Bertz CT molecular complexity index is 394. The number of hydrogen-bond acceptors (Lipinski definition) is 2. The van der Waals surface area contributed by atoms with Gasteiger partial charge in [0.15, 0.2) is 0 Å². The van der Waals surface area contributed by atoms with Crippen LogP contribution in [0.15, 0.2) is 28.7 Å². The van der Waals surface area contributed by atoms with Gasteiger partial charge in [0.1, 0.15) is 0 Å².